The minimum atomic E-state index is -0.571. The number of nitrogens with zero attached hydrogens (tertiary/aromatic N) is 1. The van der Waals surface area contributed by atoms with Gasteiger partial charge in [-0.05, 0) is 43.3 Å². The zero-order valence-electron chi connectivity index (χ0n) is 16.1. The van der Waals surface area contributed by atoms with Crippen molar-refractivity contribution < 1.29 is 18.9 Å². The molecule has 154 valence electrons. The second-order valence-corrected chi connectivity index (χ2v) is 7.51. The number of rotatable bonds is 8. The Bertz CT molecular complexity index is 1050. The molecule has 1 aromatic heterocycles. The lowest BCUT2D eigenvalue weighted by Crippen LogP contribution is -2.36. The number of amides is 2. The summed E-state index contributed by atoms with van der Waals surface area (Å²) >= 11 is 1.25. The van der Waals surface area contributed by atoms with E-state index in [-0.39, 0.29) is 24.3 Å². The molecule has 0 saturated carbocycles. The van der Waals surface area contributed by atoms with E-state index in [1.54, 1.807) is 12.1 Å². The zero-order chi connectivity index (χ0) is 21.5. The highest BCUT2D eigenvalue weighted by Gasteiger charge is 2.19. The number of nitrogens with one attached hydrogen (secondary N) is 2. The molecule has 3 aromatic rings. The largest absolute Gasteiger partial charge is 0.467 e. The molecule has 0 saturated heterocycles. The molecule has 0 atom stereocenters. The summed E-state index contributed by atoms with van der Waals surface area (Å²) in [6.07, 6.45) is 1.50. The molecule has 2 N–H and O–H groups in total. The number of aryl methyl sites for hydroxylation is 1. The van der Waals surface area contributed by atoms with Crippen LogP contribution < -0.4 is 10.6 Å². The van der Waals surface area contributed by atoms with E-state index in [1.165, 1.54) is 36.2 Å². The molecule has 0 radical (unpaired) electrons. The summed E-state index contributed by atoms with van der Waals surface area (Å²) in [6, 6.07) is 15.3. The van der Waals surface area contributed by atoms with Crippen LogP contribution in [-0.4, -0.2) is 23.3 Å². The van der Waals surface area contributed by atoms with Crippen LogP contribution in [0.4, 0.5) is 5.69 Å². The molecule has 0 bridgehead atoms. The van der Waals surface area contributed by atoms with Crippen LogP contribution in [0.15, 0.2) is 75.1 Å². The highest BCUT2D eigenvalue weighted by molar-refractivity contribution is 7.99. The molecule has 9 heteroatoms. The van der Waals surface area contributed by atoms with Crippen molar-refractivity contribution in [2.45, 2.75) is 23.3 Å². The van der Waals surface area contributed by atoms with Crippen molar-refractivity contribution >= 4 is 29.3 Å². The SMILES string of the molecule is Cc1ccc(Sc2ccc(C(=O)NCC(=O)NCc3ccco3)cc2[N+](=O)[O-])cc1. The number of benzene rings is 2. The average Bonchev–Trinajstić information content (AvgIpc) is 3.26. The molecule has 2 aromatic carbocycles. The normalized spacial score (nSPS) is 10.4. The lowest BCUT2D eigenvalue weighted by molar-refractivity contribution is -0.387. The fourth-order valence-corrected chi connectivity index (χ4v) is 3.45. The highest BCUT2D eigenvalue weighted by atomic mass is 32.2. The van der Waals surface area contributed by atoms with Gasteiger partial charge in [-0.2, -0.15) is 0 Å². The van der Waals surface area contributed by atoms with Gasteiger partial charge < -0.3 is 15.1 Å². The highest BCUT2D eigenvalue weighted by Crippen LogP contribution is 2.35. The van der Waals surface area contributed by atoms with Crippen LogP contribution in [0.3, 0.4) is 0 Å². The summed E-state index contributed by atoms with van der Waals surface area (Å²) < 4.78 is 5.11. The molecule has 1 heterocycles. The maximum Gasteiger partial charge on any atom is 0.284 e. The number of carbonyl (C=O) groups excluding carboxylic acids is 2. The van der Waals surface area contributed by atoms with Gasteiger partial charge in [0, 0.05) is 16.5 Å². The number of hydrogen-bond donors (Lipinski definition) is 2. The van der Waals surface area contributed by atoms with E-state index in [0.29, 0.717) is 10.7 Å². The molecule has 3 rings (SSSR count). The third-order valence-corrected chi connectivity index (χ3v) is 5.19. The summed E-state index contributed by atoms with van der Waals surface area (Å²) in [5.41, 5.74) is 1.03. The molecule has 0 spiro atoms. The van der Waals surface area contributed by atoms with Gasteiger partial charge in [0.15, 0.2) is 0 Å². The average molecular weight is 425 g/mol. The Hall–Kier alpha value is -3.59. The van der Waals surface area contributed by atoms with Crippen molar-refractivity contribution in [1.82, 2.24) is 10.6 Å². The molecule has 0 unspecified atom stereocenters. The Labute approximate surface area is 176 Å². The van der Waals surface area contributed by atoms with Crippen molar-refractivity contribution in [2.75, 3.05) is 6.54 Å². The number of hydrogen-bond acceptors (Lipinski definition) is 6. The van der Waals surface area contributed by atoms with E-state index >= 15 is 0 Å². The van der Waals surface area contributed by atoms with Crippen LogP contribution in [0.2, 0.25) is 0 Å². The molecule has 0 fully saturated rings. The van der Waals surface area contributed by atoms with E-state index in [4.69, 9.17) is 4.42 Å². The molecule has 8 nitrogen and oxygen atoms in total. The van der Waals surface area contributed by atoms with Crippen LogP contribution >= 0.6 is 11.8 Å². The molecular weight excluding hydrogens is 406 g/mol. The minimum Gasteiger partial charge on any atom is -0.467 e. The summed E-state index contributed by atoms with van der Waals surface area (Å²) in [6.45, 7) is 1.91. The monoisotopic (exact) mass is 425 g/mol. The quantitative estimate of drug-likeness (QED) is 0.420. The zero-order valence-corrected chi connectivity index (χ0v) is 16.9. The predicted molar refractivity (Wildman–Crippen MR) is 111 cm³/mol. The van der Waals surface area contributed by atoms with Gasteiger partial charge in [-0.15, -0.1) is 0 Å². The van der Waals surface area contributed by atoms with Crippen LogP contribution in [0.1, 0.15) is 21.7 Å². The fraction of sp³-hybridized carbons (Fsp3) is 0.143. The Kier molecular flexibility index (Phi) is 6.87. The molecule has 30 heavy (non-hydrogen) atoms. The molecule has 0 aliphatic carbocycles. The first kappa shape index (κ1) is 21.1. The number of nitro groups is 1. The minimum absolute atomic E-state index is 0.105. The van der Waals surface area contributed by atoms with Crippen LogP contribution in [-0.2, 0) is 11.3 Å². The maximum atomic E-state index is 12.3. The Morgan fingerprint density at radius 1 is 1.10 bits per heavy atom. The van der Waals surface area contributed by atoms with E-state index in [1.807, 2.05) is 31.2 Å². The van der Waals surface area contributed by atoms with E-state index in [2.05, 4.69) is 10.6 Å². The summed E-state index contributed by atoms with van der Waals surface area (Å²) in [5, 5.41) is 16.6. The first-order valence-electron chi connectivity index (χ1n) is 9.02. The van der Waals surface area contributed by atoms with Gasteiger partial charge in [0.2, 0.25) is 5.91 Å². The first-order valence-corrected chi connectivity index (χ1v) is 9.84. The van der Waals surface area contributed by atoms with Crippen molar-refractivity contribution in [3.8, 4) is 0 Å². The Morgan fingerprint density at radius 2 is 1.87 bits per heavy atom. The second kappa shape index (κ2) is 9.75. The Balaban J connectivity index is 1.62. The first-order chi connectivity index (χ1) is 14.4. The van der Waals surface area contributed by atoms with E-state index < -0.39 is 16.7 Å². The van der Waals surface area contributed by atoms with Crippen molar-refractivity contribution in [1.29, 1.82) is 0 Å². The Morgan fingerprint density at radius 3 is 2.53 bits per heavy atom. The van der Waals surface area contributed by atoms with Gasteiger partial charge in [0.1, 0.15) is 5.76 Å². The maximum absolute atomic E-state index is 12.3. The van der Waals surface area contributed by atoms with Gasteiger partial charge >= 0.3 is 0 Å². The van der Waals surface area contributed by atoms with Gasteiger partial charge in [0.25, 0.3) is 11.6 Å². The lowest BCUT2D eigenvalue weighted by Gasteiger charge is -2.08. The predicted octanol–water partition coefficient (Wildman–Crippen LogP) is 3.69. The smallest absolute Gasteiger partial charge is 0.284 e. The van der Waals surface area contributed by atoms with Gasteiger partial charge in [-0.3, -0.25) is 19.7 Å². The van der Waals surface area contributed by atoms with E-state index in [9.17, 15) is 19.7 Å². The van der Waals surface area contributed by atoms with Crippen molar-refractivity contribution in [3.05, 3.63) is 87.9 Å². The second-order valence-electron chi connectivity index (χ2n) is 6.39. The molecule has 0 aliphatic heterocycles. The number of furan rings is 1. The van der Waals surface area contributed by atoms with Gasteiger partial charge in [-0.1, -0.05) is 29.5 Å². The third kappa shape index (κ3) is 5.71. The molecular formula is C21H19N3O5S. The van der Waals surface area contributed by atoms with Crippen molar-refractivity contribution in [3.63, 3.8) is 0 Å². The molecule has 2 amide bonds. The van der Waals surface area contributed by atoms with Crippen LogP contribution in [0, 0.1) is 17.0 Å². The summed E-state index contributed by atoms with van der Waals surface area (Å²) in [7, 11) is 0. The summed E-state index contributed by atoms with van der Waals surface area (Å²) in [4.78, 5) is 36.4. The number of nitro benzene ring substituents is 1. The molecule has 0 aliphatic rings. The fourth-order valence-electron chi connectivity index (χ4n) is 2.54. The standard InChI is InChI=1S/C21H19N3O5S/c1-14-4-7-17(8-5-14)30-19-9-6-15(11-18(19)24(27)28)21(26)23-13-20(25)22-12-16-3-2-10-29-16/h2-11H,12-13H2,1H3,(H,22,25)(H,23,26). The van der Waals surface area contributed by atoms with Crippen LogP contribution in [0.5, 0.6) is 0 Å². The summed E-state index contributed by atoms with van der Waals surface area (Å²) in [5.74, 6) is -0.383. The van der Waals surface area contributed by atoms with Crippen molar-refractivity contribution in [2.24, 2.45) is 0 Å². The topological polar surface area (TPSA) is 114 Å². The van der Waals surface area contributed by atoms with Gasteiger partial charge in [0.05, 0.1) is 29.2 Å². The number of carbonyl (C=O) groups is 2. The third-order valence-electron chi connectivity index (χ3n) is 4.12. The van der Waals surface area contributed by atoms with Crippen LogP contribution in [0.25, 0.3) is 0 Å². The van der Waals surface area contributed by atoms with Gasteiger partial charge in [-0.25, -0.2) is 0 Å². The van der Waals surface area contributed by atoms with E-state index in [0.717, 1.165) is 10.5 Å². The lowest BCUT2D eigenvalue weighted by atomic mass is 10.2.